The SMILES string of the molecule is Cc1cccc(-c2nc(CSc3nc4sccc4c(=O)n3C)no2)c1. The Labute approximate surface area is 151 Å². The molecular weight excluding hydrogens is 356 g/mol. The largest absolute Gasteiger partial charge is 0.334 e. The van der Waals surface area contributed by atoms with Crippen LogP contribution in [-0.4, -0.2) is 19.7 Å². The predicted molar refractivity (Wildman–Crippen MR) is 98.9 cm³/mol. The van der Waals surface area contributed by atoms with Crippen LogP contribution in [0.1, 0.15) is 11.4 Å². The van der Waals surface area contributed by atoms with Crippen molar-refractivity contribution < 1.29 is 4.52 Å². The molecule has 0 aliphatic carbocycles. The van der Waals surface area contributed by atoms with E-state index in [1.807, 2.05) is 36.6 Å². The highest BCUT2D eigenvalue weighted by molar-refractivity contribution is 7.98. The van der Waals surface area contributed by atoms with Gasteiger partial charge in [0.15, 0.2) is 11.0 Å². The summed E-state index contributed by atoms with van der Waals surface area (Å²) in [4.78, 5) is 22.0. The second kappa shape index (κ2) is 6.45. The summed E-state index contributed by atoms with van der Waals surface area (Å²) in [7, 11) is 1.73. The maximum Gasteiger partial charge on any atom is 0.262 e. The van der Waals surface area contributed by atoms with E-state index in [0.717, 1.165) is 16.0 Å². The fraction of sp³-hybridized carbons (Fsp3) is 0.176. The highest BCUT2D eigenvalue weighted by Crippen LogP contribution is 2.24. The van der Waals surface area contributed by atoms with Crippen LogP contribution in [0.15, 0.2) is 50.2 Å². The third kappa shape index (κ3) is 3.10. The summed E-state index contributed by atoms with van der Waals surface area (Å²) in [6.45, 7) is 2.02. The highest BCUT2D eigenvalue weighted by Gasteiger charge is 2.13. The third-order valence-electron chi connectivity index (χ3n) is 3.73. The van der Waals surface area contributed by atoms with Crippen LogP contribution >= 0.6 is 23.1 Å². The van der Waals surface area contributed by atoms with Crippen LogP contribution < -0.4 is 5.56 Å². The number of benzene rings is 1. The van der Waals surface area contributed by atoms with Crippen LogP contribution in [0, 0.1) is 6.92 Å². The van der Waals surface area contributed by atoms with Crippen molar-refractivity contribution >= 4 is 33.3 Å². The van der Waals surface area contributed by atoms with Gasteiger partial charge in [0.1, 0.15) is 4.83 Å². The molecule has 1 aromatic carbocycles. The van der Waals surface area contributed by atoms with E-state index in [4.69, 9.17) is 4.52 Å². The number of aromatic nitrogens is 4. The first-order valence-corrected chi connectivity index (χ1v) is 9.45. The summed E-state index contributed by atoms with van der Waals surface area (Å²) in [5.74, 6) is 1.55. The number of thioether (sulfide) groups is 1. The molecule has 6 nitrogen and oxygen atoms in total. The average molecular weight is 370 g/mol. The molecule has 0 amide bonds. The first-order chi connectivity index (χ1) is 12.1. The summed E-state index contributed by atoms with van der Waals surface area (Å²) >= 11 is 2.88. The molecule has 4 rings (SSSR count). The van der Waals surface area contributed by atoms with E-state index in [1.54, 1.807) is 17.7 Å². The second-order valence-corrected chi connectivity index (χ2v) is 7.41. The molecule has 3 heterocycles. The second-order valence-electron chi connectivity index (χ2n) is 5.57. The molecule has 0 radical (unpaired) electrons. The van der Waals surface area contributed by atoms with E-state index in [1.165, 1.54) is 23.1 Å². The normalized spacial score (nSPS) is 11.3. The zero-order valence-electron chi connectivity index (χ0n) is 13.6. The molecule has 126 valence electrons. The fourth-order valence-corrected chi connectivity index (χ4v) is 4.07. The summed E-state index contributed by atoms with van der Waals surface area (Å²) < 4.78 is 6.90. The van der Waals surface area contributed by atoms with Crippen LogP contribution in [0.25, 0.3) is 21.7 Å². The number of nitrogens with zero attached hydrogens (tertiary/aromatic N) is 4. The van der Waals surface area contributed by atoms with Crippen LogP contribution in [0.5, 0.6) is 0 Å². The zero-order valence-corrected chi connectivity index (χ0v) is 15.2. The van der Waals surface area contributed by atoms with Crippen molar-refractivity contribution in [1.29, 1.82) is 0 Å². The molecule has 0 unspecified atom stereocenters. The lowest BCUT2D eigenvalue weighted by atomic mass is 10.1. The monoisotopic (exact) mass is 370 g/mol. The molecule has 0 fully saturated rings. The van der Waals surface area contributed by atoms with Crippen molar-refractivity contribution in [3.8, 4) is 11.5 Å². The molecule has 0 spiro atoms. The minimum Gasteiger partial charge on any atom is -0.334 e. The number of hydrogen-bond donors (Lipinski definition) is 0. The number of hydrogen-bond acceptors (Lipinski definition) is 7. The average Bonchev–Trinajstić information content (AvgIpc) is 3.26. The summed E-state index contributed by atoms with van der Waals surface area (Å²) in [5.41, 5.74) is 1.99. The Kier molecular flexibility index (Phi) is 4.14. The minimum atomic E-state index is -0.0395. The third-order valence-corrected chi connectivity index (χ3v) is 5.56. The Hall–Kier alpha value is -2.45. The predicted octanol–water partition coefficient (Wildman–Crippen LogP) is 3.65. The van der Waals surface area contributed by atoms with Gasteiger partial charge in [-0.3, -0.25) is 9.36 Å². The summed E-state index contributed by atoms with van der Waals surface area (Å²) in [5, 5.41) is 7.19. The van der Waals surface area contributed by atoms with Gasteiger partial charge < -0.3 is 4.52 Å². The van der Waals surface area contributed by atoms with E-state index in [-0.39, 0.29) is 5.56 Å². The number of thiophene rings is 1. The van der Waals surface area contributed by atoms with E-state index >= 15 is 0 Å². The van der Waals surface area contributed by atoms with Gasteiger partial charge in [-0.15, -0.1) is 11.3 Å². The Morgan fingerprint density at radius 2 is 2.16 bits per heavy atom. The van der Waals surface area contributed by atoms with E-state index in [2.05, 4.69) is 15.1 Å². The molecule has 0 saturated carbocycles. The van der Waals surface area contributed by atoms with Crippen molar-refractivity contribution in [2.45, 2.75) is 17.8 Å². The lowest BCUT2D eigenvalue weighted by Gasteiger charge is -2.05. The standard InChI is InChI=1S/C17H14N4O2S2/c1-10-4-3-5-11(8-10)14-18-13(20-23-14)9-25-17-19-15-12(6-7-24-15)16(22)21(17)2/h3-8H,9H2,1-2H3. The zero-order chi connectivity index (χ0) is 17.4. The van der Waals surface area contributed by atoms with E-state index < -0.39 is 0 Å². The Morgan fingerprint density at radius 1 is 1.28 bits per heavy atom. The number of aryl methyl sites for hydroxylation is 1. The summed E-state index contributed by atoms with van der Waals surface area (Å²) in [6.07, 6.45) is 0. The first kappa shape index (κ1) is 16.0. The quantitative estimate of drug-likeness (QED) is 0.403. The lowest BCUT2D eigenvalue weighted by molar-refractivity contribution is 0.425. The van der Waals surface area contributed by atoms with Gasteiger partial charge in [-0.2, -0.15) is 4.98 Å². The molecule has 0 bridgehead atoms. The maximum atomic E-state index is 12.3. The molecule has 0 saturated heterocycles. The Bertz CT molecular complexity index is 1110. The molecule has 4 aromatic rings. The van der Waals surface area contributed by atoms with Gasteiger partial charge in [-0.1, -0.05) is 34.6 Å². The van der Waals surface area contributed by atoms with Gasteiger partial charge in [0, 0.05) is 12.6 Å². The van der Waals surface area contributed by atoms with Crippen molar-refractivity contribution in [2.75, 3.05) is 0 Å². The molecular formula is C17H14N4O2S2. The number of rotatable bonds is 4. The molecule has 0 aliphatic rings. The van der Waals surface area contributed by atoms with Crippen LogP contribution in [-0.2, 0) is 12.8 Å². The van der Waals surface area contributed by atoms with Crippen molar-refractivity contribution in [3.63, 3.8) is 0 Å². The molecule has 0 N–H and O–H groups in total. The van der Waals surface area contributed by atoms with Gasteiger partial charge in [-0.05, 0) is 30.5 Å². The maximum absolute atomic E-state index is 12.3. The van der Waals surface area contributed by atoms with Gasteiger partial charge in [-0.25, -0.2) is 4.98 Å². The van der Waals surface area contributed by atoms with Crippen molar-refractivity contribution in [3.05, 3.63) is 57.5 Å². The van der Waals surface area contributed by atoms with Crippen LogP contribution in [0.4, 0.5) is 0 Å². The molecule has 8 heteroatoms. The topological polar surface area (TPSA) is 73.8 Å². The smallest absolute Gasteiger partial charge is 0.262 e. The van der Waals surface area contributed by atoms with Gasteiger partial charge in [0.25, 0.3) is 11.4 Å². The van der Waals surface area contributed by atoms with Crippen molar-refractivity contribution in [1.82, 2.24) is 19.7 Å². The minimum absolute atomic E-state index is 0.0395. The number of fused-ring (bicyclic) bond motifs is 1. The lowest BCUT2D eigenvalue weighted by Crippen LogP contribution is -2.19. The van der Waals surface area contributed by atoms with E-state index in [0.29, 0.717) is 28.0 Å². The molecule has 3 aromatic heterocycles. The fourth-order valence-electron chi connectivity index (χ4n) is 2.45. The molecule has 0 aliphatic heterocycles. The van der Waals surface area contributed by atoms with Crippen LogP contribution in [0.3, 0.4) is 0 Å². The van der Waals surface area contributed by atoms with Gasteiger partial charge in [0.2, 0.25) is 0 Å². The van der Waals surface area contributed by atoms with E-state index in [9.17, 15) is 4.79 Å². The van der Waals surface area contributed by atoms with Gasteiger partial charge in [0.05, 0.1) is 11.1 Å². The first-order valence-electron chi connectivity index (χ1n) is 7.58. The van der Waals surface area contributed by atoms with Gasteiger partial charge >= 0.3 is 0 Å². The molecule has 0 atom stereocenters. The Morgan fingerprint density at radius 3 is 3.00 bits per heavy atom. The highest BCUT2D eigenvalue weighted by atomic mass is 32.2. The molecule has 25 heavy (non-hydrogen) atoms. The Balaban J connectivity index is 1.56. The summed E-state index contributed by atoms with van der Waals surface area (Å²) in [6, 6.07) is 9.72. The van der Waals surface area contributed by atoms with Crippen LogP contribution in [0.2, 0.25) is 0 Å². The van der Waals surface area contributed by atoms with Crippen molar-refractivity contribution in [2.24, 2.45) is 7.05 Å².